The fourth-order valence-corrected chi connectivity index (χ4v) is 2.65. The Kier molecular flexibility index (Phi) is 11.4. The summed E-state index contributed by atoms with van der Waals surface area (Å²) >= 11 is 0. The fraction of sp³-hybridized carbons (Fsp3) is 0.160. The Labute approximate surface area is 189 Å². The minimum atomic E-state index is -1.17. The van der Waals surface area contributed by atoms with Crippen molar-refractivity contribution in [2.45, 2.75) is 19.6 Å². The molecule has 0 unspecified atom stereocenters. The Morgan fingerprint density at radius 3 is 1.72 bits per heavy atom. The third-order valence-electron chi connectivity index (χ3n) is 3.56. The first-order valence-electron chi connectivity index (χ1n) is 9.04. The molecule has 2 aliphatic carbocycles. The molecule has 0 aliphatic heterocycles. The molecule has 10 radical (unpaired) electrons. The van der Waals surface area contributed by atoms with Crippen LogP contribution in [0.4, 0.5) is 0 Å². The molecule has 2 nitrogen and oxygen atoms in total. The van der Waals surface area contributed by atoms with Crippen LogP contribution in [0.3, 0.4) is 0 Å². The van der Waals surface area contributed by atoms with Crippen molar-refractivity contribution in [3.8, 4) is 23.3 Å². The summed E-state index contributed by atoms with van der Waals surface area (Å²) in [5, 5.41) is 0. The van der Waals surface area contributed by atoms with Gasteiger partial charge in [0, 0.05) is 5.56 Å². The molecule has 0 amide bonds. The van der Waals surface area contributed by atoms with Crippen LogP contribution in [0.5, 0.6) is 0 Å². The van der Waals surface area contributed by atoms with Crippen LogP contribution in [0.25, 0.3) is 0 Å². The third-order valence-corrected chi connectivity index (χ3v) is 4.44. The van der Waals surface area contributed by atoms with E-state index in [0.29, 0.717) is 5.56 Å². The summed E-state index contributed by atoms with van der Waals surface area (Å²) in [6, 6.07) is 7.03. The monoisotopic (exact) mass is 440 g/mol. The van der Waals surface area contributed by atoms with Gasteiger partial charge < -0.3 is 4.74 Å². The zero-order valence-electron chi connectivity index (χ0n) is 17.1. The molecule has 0 atom stereocenters. The van der Waals surface area contributed by atoms with Crippen LogP contribution < -0.4 is 0 Å². The quantitative estimate of drug-likeness (QED) is 0.365. The van der Waals surface area contributed by atoms with Crippen LogP contribution in [-0.2, 0) is 21.8 Å². The summed E-state index contributed by atoms with van der Waals surface area (Å²) < 4.78 is 4.62. The number of esters is 1. The van der Waals surface area contributed by atoms with Crippen LogP contribution in [0.2, 0.25) is 19.6 Å². The van der Waals surface area contributed by atoms with Crippen LogP contribution in [-0.4, -0.2) is 21.2 Å². The molecular weight excluding hydrogens is 416 g/mol. The number of carbonyl (C=O) groups is 1. The summed E-state index contributed by atoms with van der Waals surface area (Å²) in [5.41, 5.74) is 4.72. The van der Waals surface area contributed by atoms with Gasteiger partial charge in [-0.25, -0.2) is 4.79 Å². The van der Waals surface area contributed by atoms with E-state index in [9.17, 15) is 4.79 Å². The second kappa shape index (κ2) is 13.0. The third kappa shape index (κ3) is 10.2. The molecule has 0 saturated heterocycles. The van der Waals surface area contributed by atoms with Crippen molar-refractivity contribution in [3.05, 3.63) is 98.6 Å². The first-order chi connectivity index (χ1) is 13.4. The molecule has 4 heteroatoms. The van der Waals surface area contributed by atoms with Crippen molar-refractivity contribution >= 4 is 14.0 Å². The molecule has 2 saturated carbocycles. The smallest absolute Gasteiger partial charge is 0.465 e. The Morgan fingerprint density at radius 2 is 1.28 bits per heavy atom. The molecule has 1 aromatic carbocycles. The first-order valence-corrected chi connectivity index (χ1v) is 12.5. The van der Waals surface area contributed by atoms with Crippen LogP contribution in [0.1, 0.15) is 15.9 Å². The number of methoxy groups -OCH3 is 1. The molecule has 0 aromatic heterocycles. The number of carbonyl (C=O) groups excluding carboxylic acids is 1. The van der Waals surface area contributed by atoms with Crippen LogP contribution >= 0.6 is 0 Å². The van der Waals surface area contributed by atoms with E-state index in [1.165, 1.54) is 7.11 Å². The second-order valence-electron chi connectivity index (χ2n) is 7.17. The molecule has 3 rings (SSSR count). The molecule has 0 N–H and O–H groups in total. The predicted molar refractivity (Wildman–Crippen MR) is 117 cm³/mol. The zero-order valence-corrected chi connectivity index (χ0v) is 19.2. The van der Waals surface area contributed by atoms with Crippen molar-refractivity contribution in [1.82, 2.24) is 0 Å². The van der Waals surface area contributed by atoms with Gasteiger partial charge in [0.25, 0.3) is 0 Å². The molecule has 0 bridgehead atoms. The van der Waals surface area contributed by atoms with E-state index in [1.54, 1.807) is 12.1 Å². The van der Waals surface area contributed by atoms with Gasteiger partial charge in [0.2, 0.25) is 0 Å². The maximum absolute atomic E-state index is 11.2. The molecule has 2 aliphatic rings. The molecule has 146 valence electrons. The van der Waals surface area contributed by atoms with Gasteiger partial charge in [-0.1, -0.05) is 31.5 Å². The standard InChI is InChI=1S/C15H11O2.C10H13Si.Fe/c1-17-15(16)14-10-8-13(9-11-14)7-6-12-4-2-3-5-12;1-11(2,3)9-8-10-6-4-5-7-10;/h2-5,8-11H,1H3;4-7H,1-3H3;/q;;+2. The zero-order chi connectivity index (χ0) is 20.4. The summed E-state index contributed by atoms with van der Waals surface area (Å²) in [7, 11) is 0.192. The van der Waals surface area contributed by atoms with E-state index in [0.717, 1.165) is 17.4 Å². The predicted octanol–water partition coefficient (Wildman–Crippen LogP) is 4.50. The van der Waals surface area contributed by atoms with Crippen molar-refractivity contribution in [3.63, 3.8) is 0 Å². The van der Waals surface area contributed by atoms with Crippen molar-refractivity contribution < 1.29 is 26.6 Å². The summed E-state index contributed by atoms with van der Waals surface area (Å²) in [6.07, 6.45) is 15.9. The van der Waals surface area contributed by atoms with Gasteiger partial charge in [0.05, 0.1) is 24.5 Å². The Bertz CT molecular complexity index is 744. The van der Waals surface area contributed by atoms with E-state index < -0.39 is 8.07 Å². The molecule has 0 spiro atoms. The van der Waals surface area contributed by atoms with E-state index in [2.05, 4.69) is 47.7 Å². The van der Waals surface area contributed by atoms with Gasteiger partial charge >= 0.3 is 23.0 Å². The number of benzene rings is 1. The number of hydrogen-bond acceptors (Lipinski definition) is 2. The molecule has 1 aromatic rings. The molecule has 29 heavy (non-hydrogen) atoms. The Balaban J connectivity index is 0.000000306. The van der Waals surface area contributed by atoms with Crippen molar-refractivity contribution in [1.29, 1.82) is 0 Å². The maximum atomic E-state index is 11.2. The van der Waals surface area contributed by atoms with Gasteiger partial charge in [-0.2, -0.15) is 0 Å². The minimum absolute atomic E-state index is 0. The summed E-state index contributed by atoms with van der Waals surface area (Å²) in [6.45, 7) is 6.76. The maximum Gasteiger partial charge on any atom is 2.00 e. The van der Waals surface area contributed by atoms with Crippen LogP contribution in [0, 0.1) is 86.5 Å². The number of ether oxygens (including phenoxy) is 1. The summed E-state index contributed by atoms with van der Waals surface area (Å²) in [5.74, 6) is 11.0. The van der Waals surface area contributed by atoms with Gasteiger partial charge in [0.1, 0.15) is 8.07 Å². The van der Waals surface area contributed by atoms with E-state index in [4.69, 9.17) is 0 Å². The van der Waals surface area contributed by atoms with Gasteiger partial charge in [-0.3, -0.25) is 0 Å². The van der Waals surface area contributed by atoms with E-state index in [1.807, 2.05) is 63.5 Å². The summed E-state index contributed by atoms with van der Waals surface area (Å²) in [4.78, 5) is 11.2. The average Bonchev–Trinajstić information content (AvgIpc) is 3.38. The second-order valence-corrected chi connectivity index (χ2v) is 11.9. The first kappa shape index (κ1) is 25.6. The minimum Gasteiger partial charge on any atom is -0.465 e. The van der Waals surface area contributed by atoms with Crippen molar-refractivity contribution in [2.75, 3.05) is 7.11 Å². The largest absolute Gasteiger partial charge is 2.00 e. The number of rotatable bonds is 1. The Morgan fingerprint density at radius 1 is 0.793 bits per heavy atom. The van der Waals surface area contributed by atoms with Gasteiger partial charge in [-0.05, 0) is 75.6 Å². The molecule has 2 fully saturated rings. The van der Waals surface area contributed by atoms with Crippen LogP contribution in [0.15, 0.2) is 24.3 Å². The SMILES string of the molecule is COC(=O)c1ccc(C#C[C]2[CH][CH][CH][CH]2)cc1.C[Si](C)(C)C#C[C]1[CH][CH][CH][CH]1.[Fe+2]. The Hall–Kier alpha value is -1.45. The van der Waals surface area contributed by atoms with Gasteiger partial charge in [-0.15, -0.1) is 11.5 Å². The van der Waals surface area contributed by atoms with Crippen molar-refractivity contribution in [2.24, 2.45) is 0 Å². The number of hydrogen-bond donors (Lipinski definition) is 0. The topological polar surface area (TPSA) is 26.3 Å². The van der Waals surface area contributed by atoms with E-state index >= 15 is 0 Å². The normalized spacial score (nSPS) is 16.3. The average molecular weight is 440 g/mol. The van der Waals surface area contributed by atoms with Gasteiger partial charge in [0.15, 0.2) is 0 Å². The van der Waals surface area contributed by atoms with E-state index in [-0.39, 0.29) is 23.0 Å². The molecule has 0 heterocycles. The molecular formula is C25H24FeO2Si+2. The fourth-order valence-electron chi connectivity index (χ4n) is 2.13.